The molecule has 2 rings (SSSR count). The molecule has 26 heavy (non-hydrogen) atoms. The van der Waals surface area contributed by atoms with Gasteiger partial charge in [0.2, 0.25) is 0 Å². The number of ether oxygens (including phenoxy) is 2. The number of carbonyl (C=O) groups excluding carboxylic acids is 2. The lowest BCUT2D eigenvalue weighted by atomic mass is 10.2. The van der Waals surface area contributed by atoms with Crippen LogP contribution in [0.3, 0.4) is 0 Å². The molecule has 2 aromatic rings. The van der Waals surface area contributed by atoms with E-state index in [0.717, 1.165) is 24.3 Å². The second-order valence-electron chi connectivity index (χ2n) is 5.26. The maximum Gasteiger partial charge on any atom is 0.416 e. The second-order valence-corrected chi connectivity index (χ2v) is 5.26. The lowest BCUT2D eigenvalue weighted by Crippen LogP contribution is -2.31. The van der Waals surface area contributed by atoms with Gasteiger partial charge in [-0.3, -0.25) is 4.79 Å². The van der Waals surface area contributed by atoms with E-state index in [1.165, 1.54) is 13.0 Å². The summed E-state index contributed by atoms with van der Waals surface area (Å²) in [4.78, 5) is 23.6. The molecule has 0 unspecified atom stereocenters. The zero-order chi connectivity index (χ0) is 19.3. The Morgan fingerprint density at radius 3 is 2.46 bits per heavy atom. The van der Waals surface area contributed by atoms with Crippen molar-refractivity contribution in [1.29, 1.82) is 0 Å². The minimum Gasteiger partial charge on any atom is -0.463 e. The summed E-state index contributed by atoms with van der Waals surface area (Å²) in [6.45, 7) is 2.48. The molecule has 0 aliphatic heterocycles. The first kappa shape index (κ1) is 19.3. The van der Waals surface area contributed by atoms with Crippen LogP contribution in [0.1, 0.15) is 18.2 Å². The van der Waals surface area contributed by atoms with E-state index in [4.69, 9.17) is 14.0 Å². The van der Waals surface area contributed by atoms with Gasteiger partial charge in [0.1, 0.15) is 5.76 Å². The average Bonchev–Trinajstić information content (AvgIpc) is 2.98. The molecule has 1 N–H and O–H groups in total. The maximum absolute atomic E-state index is 12.5. The molecule has 0 fully saturated rings. The molecule has 1 heterocycles. The molecule has 7 nitrogen and oxygen atoms in total. The summed E-state index contributed by atoms with van der Waals surface area (Å²) in [7, 11) is 0. The zero-order valence-electron chi connectivity index (χ0n) is 13.8. The lowest BCUT2D eigenvalue weighted by molar-refractivity contribution is -0.155. The van der Waals surface area contributed by atoms with Gasteiger partial charge in [0.15, 0.2) is 12.7 Å². The number of hydrogen-bond acceptors (Lipinski definition) is 6. The van der Waals surface area contributed by atoms with Gasteiger partial charge in [-0.05, 0) is 43.3 Å². The Hall–Kier alpha value is -3.04. The van der Waals surface area contributed by atoms with Crippen LogP contribution in [-0.2, 0) is 20.5 Å². The molecule has 0 aliphatic carbocycles. The first-order valence-corrected chi connectivity index (χ1v) is 7.39. The highest BCUT2D eigenvalue weighted by molar-refractivity contribution is 5.95. The first-order chi connectivity index (χ1) is 12.1. The number of halogens is 3. The predicted molar refractivity (Wildman–Crippen MR) is 82.4 cm³/mol. The number of carbonyl (C=O) groups is 2. The number of nitrogens with zero attached hydrogens (tertiary/aromatic N) is 1. The van der Waals surface area contributed by atoms with Gasteiger partial charge < -0.3 is 19.3 Å². The molecule has 0 bridgehead atoms. The van der Waals surface area contributed by atoms with E-state index in [9.17, 15) is 22.8 Å². The predicted octanol–water partition coefficient (Wildman–Crippen LogP) is 2.95. The van der Waals surface area contributed by atoms with E-state index >= 15 is 0 Å². The van der Waals surface area contributed by atoms with E-state index in [0.29, 0.717) is 5.76 Å². The monoisotopic (exact) mass is 372 g/mol. The number of nitrogens with one attached hydrogen (secondary N) is 1. The van der Waals surface area contributed by atoms with Crippen molar-refractivity contribution in [3.8, 4) is 5.88 Å². The van der Waals surface area contributed by atoms with Gasteiger partial charge in [-0.1, -0.05) is 0 Å². The van der Waals surface area contributed by atoms with Crippen LogP contribution in [0.25, 0.3) is 0 Å². The van der Waals surface area contributed by atoms with Crippen LogP contribution >= 0.6 is 0 Å². The van der Waals surface area contributed by atoms with E-state index in [2.05, 4.69) is 10.5 Å². The molecule has 0 saturated heterocycles. The van der Waals surface area contributed by atoms with Crippen LogP contribution in [0.5, 0.6) is 5.88 Å². The van der Waals surface area contributed by atoms with Crippen molar-refractivity contribution in [2.75, 3.05) is 11.9 Å². The Bertz CT molecular complexity index is 771. The Balaban J connectivity index is 1.82. The largest absolute Gasteiger partial charge is 0.463 e. The molecular weight excluding hydrogens is 357 g/mol. The van der Waals surface area contributed by atoms with Crippen LogP contribution in [0.2, 0.25) is 0 Å². The number of anilines is 1. The molecule has 0 saturated carbocycles. The number of aromatic nitrogens is 1. The molecule has 10 heteroatoms. The molecular formula is C16H15F3N2O5. The van der Waals surface area contributed by atoms with Crippen molar-refractivity contribution in [3.63, 3.8) is 0 Å². The highest BCUT2D eigenvalue weighted by atomic mass is 19.4. The Morgan fingerprint density at radius 2 is 1.92 bits per heavy atom. The van der Waals surface area contributed by atoms with E-state index in [1.54, 1.807) is 6.92 Å². The fourth-order valence-corrected chi connectivity index (χ4v) is 1.82. The van der Waals surface area contributed by atoms with E-state index in [-0.39, 0.29) is 11.6 Å². The summed E-state index contributed by atoms with van der Waals surface area (Å²) < 4.78 is 52.1. The molecule has 140 valence electrons. The number of amides is 1. The smallest absolute Gasteiger partial charge is 0.416 e. The van der Waals surface area contributed by atoms with Gasteiger partial charge >= 0.3 is 12.1 Å². The van der Waals surface area contributed by atoms with E-state index in [1.807, 2.05) is 0 Å². The number of rotatable bonds is 6. The second kappa shape index (κ2) is 7.89. The minimum atomic E-state index is -4.46. The highest BCUT2D eigenvalue weighted by Gasteiger charge is 2.30. The Kier molecular flexibility index (Phi) is 5.86. The van der Waals surface area contributed by atoms with Gasteiger partial charge in [-0.15, -0.1) is 0 Å². The van der Waals surface area contributed by atoms with Crippen molar-refractivity contribution in [2.45, 2.75) is 26.1 Å². The summed E-state index contributed by atoms with van der Waals surface area (Å²) in [5.41, 5.74) is -0.699. The molecule has 0 spiro atoms. The lowest BCUT2D eigenvalue weighted by Gasteiger charge is -2.14. The number of aryl methyl sites for hydroxylation is 1. The Morgan fingerprint density at radius 1 is 1.27 bits per heavy atom. The number of esters is 1. The van der Waals surface area contributed by atoms with Gasteiger partial charge in [0, 0.05) is 11.8 Å². The third kappa shape index (κ3) is 5.50. The number of benzene rings is 1. The number of alkyl halides is 3. The molecule has 1 aromatic heterocycles. The molecule has 1 atom stereocenters. The fraction of sp³-hybridized carbons (Fsp3) is 0.312. The van der Waals surface area contributed by atoms with Crippen molar-refractivity contribution in [2.24, 2.45) is 0 Å². The Labute approximate surface area is 146 Å². The topological polar surface area (TPSA) is 90.7 Å². The van der Waals surface area contributed by atoms with E-state index < -0.39 is 36.3 Å². The summed E-state index contributed by atoms with van der Waals surface area (Å²) in [5.74, 6) is -0.921. The van der Waals surface area contributed by atoms with Gasteiger partial charge in [-0.25, -0.2) is 4.79 Å². The fourth-order valence-electron chi connectivity index (χ4n) is 1.82. The first-order valence-electron chi connectivity index (χ1n) is 7.39. The van der Waals surface area contributed by atoms with Gasteiger partial charge in [0.05, 0.1) is 5.56 Å². The number of hydrogen-bond donors (Lipinski definition) is 1. The third-order valence-corrected chi connectivity index (χ3v) is 3.10. The van der Waals surface area contributed by atoms with Crippen molar-refractivity contribution >= 4 is 17.6 Å². The van der Waals surface area contributed by atoms with Crippen molar-refractivity contribution in [1.82, 2.24) is 5.16 Å². The zero-order valence-corrected chi connectivity index (χ0v) is 13.8. The molecule has 1 amide bonds. The molecule has 0 aliphatic rings. The highest BCUT2D eigenvalue weighted by Crippen LogP contribution is 2.29. The average molecular weight is 372 g/mol. The van der Waals surface area contributed by atoms with Crippen LogP contribution < -0.4 is 10.1 Å². The third-order valence-electron chi connectivity index (χ3n) is 3.10. The van der Waals surface area contributed by atoms with Crippen LogP contribution in [0, 0.1) is 6.92 Å². The summed E-state index contributed by atoms with van der Waals surface area (Å²) in [6.07, 6.45) is -5.64. The summed E-state index contributed by atoms with van der Waals surface area (Å²) in [6, 6.07) is 5.34. The standard InChI is InChI=1S/C16H15F3N2O5/c1-9-7-13(21-26-9)24-8-14(22)25-10(2)15(23)20-12-5-3-11(4-6-12)16(17,18)19/h3-7,10H,8H2,1-2H3,(H,20,23)/t10-/m1/s1. The quantitative estimate of drug-likeness (QED) is 0.784. The maximum atomic E-state index is 12.5. The molecule has 1 aromatic carbocycles. The van der Waals surface area contributed by atoms with Crippen LogP contribution in [0.15, 0.2) is 34.9 Å². The van der Waals surface area contributed by atoms with Crippen LogP contribution in [-0.4, -0.2) is 29.7 Å². The normalized spacial score (nSPS) is 12.3. The summed E-state index contributed by atoms with van der Waals surface area (Å²) in [5, 5.41) is 5.87. The summed E-state index contributed by atoms with van der Waals surface area (Å²) >= 11 is 0. The van der Waals surface area contributed by atoms with Gasteiger partial charge in [-0.2, -0.15) is 13.2 Å². The SMILES string of the molecule is Cc1cc(OCC(=O)O[C@H](C)C(=O)Nc2ccc(C(F)(F)F)cc2)no1. The van der Waals surface area contributed by atoms with Crippen LogP contribution in [0.4, 0.5) is 18.9 Å². The molecule has 0 radical (unpaired) electrons. The van der Waals surface area contributed by atoms with Crippen molar-refractivity contribution < 1.29 is 36.8 Å². The van der Waals surface area contributed by atoms with Crippen molar-refractivity contribution in [3.05, 3.63) is 41.7 Å². The van der Waals surface area contributed by atoms with Gasteiger partial charge in [0.25, 0.3) is 11.8 Å². The minimum absolute atomic E-state index is 0.0984.